The summed E-state index contributed by atoms with van der Waals surface area (Å²) in [5.74, 6) is -0.937. The Balaban J connectivity index is 1.87. The Kier molecular flexibility index (Phi) is 5.90. The minimum absolute atomic E-state index is 0.0426. The molecule has 0 spiro atoms. The maximum atomic E-state index is 13.4. The van der Waals surface area contributed by atoms with Crippen molar-refractivity contribution in [2.45, 2.75) is 6.54 Å². The van der Waals surface area contributed by atoms with Crippen LogP contribution in [-0.4, -0.2) is 19.6 Å². The van der Waals surface area contributed by atoms with Crippen LogP contribution in [0, 0.1) is 11.6 Å². The van der Waals surface area contributed by atoms with E-state index in [0.29, 0.717) is 16.5 Å². The van der Waals surface area contributed by atoms with Crippen LogP contribution in [0.2, 0.25) is 5.02 Å². The largest absolute Gasteiger partial charge is 0.495 e. The van der Waals surface area contributed by atoms with Crippen molar-refractivity contribution in [3.8, 4) is 5.75 Å². The van der Waals surface area contributed by atoms with Crippen LogP contribution in [0.15, 0.2) is 36.4 Å². The number of benzene rings is 2. The summed E-state index contributed by atoms with van der Waals surface area (Å²) < 4.78 is 31.5. The van der Waals surface area contributed by atoms with E-state index in [-0.39, 0.29) is 24.6 Å². The standard InChI is InChI=1S/C16H15ClF2N2O2/c1-23-15-7-12(3-4-13(15)17)21-16(22)9-20-8-10-6-11(18)2-5-14(10)19/h2-7,20H,8-9H2,1H3,(H,21,22). The van der Waals surface area contributed by atoms with E-state index < -0.39 is 11.6 Å². The van der Waals surface area contributed by atoms with Crippen LogP contribution in [0.4, 0.5) is 14.5 Å². The highest BCUT2D eigenvalue weighted by Gasteiger charge is 2.07. The molecule has 0 aliphatic carbocycles. The van der Waals surface area contributed by atoms with E-state index in [4.69, 9.17) is 16.3 Å². The first-order chi connectivity index (χ1) is 11.0. The Hall–Kier alpha value is -2.18. The van der Waals surface area contributed by atoms with Crippen LogP contribution in [0.3, 0.4) is 0 Å². The van der Waals surface area contributed by atoms with E-state index in [1.54, 1.807) is 18.2 Å². The quantitative estimate of drug-likeness (QED) is 0.848. The molecule has 7 heteroatoms. The number of hydrogen-bond acceptors (Lipinski definition) is 3. The number of nitrogens with one attached hydrogen (secondary N) is 2. The summed E-state index contributed by atoms with van der Waals surface area (Å²) in [7, 11) is 1.47. The second-order valence-electron chi connectivity index (χ2n) is 4.74. The zero-order valence-corrected chi connectivity index (χ0v) is 13.1. The summed E-state index contributed by atoms with van der Waals surface area (Å²) in [5.41, 5.74) is 0.681. The molecule has 2 aromatic rings. The molecule has 0 aliphatic rings. The lowest BCUT2D eigenvalue weighted by molar-refractivity contribution is -0.115. The van der Waals surface area contributed by atoms with Crippen molar-refractivity contribution in [1.29, 1.82) is 0 Å². The molecule has 0 heterocycles. The van der Waals surface area contributed by atoms with Crippen molar-refractivity contribution in [3.05, 3.63) is 58.6 Å². The maximum Gasteiger partial charge on any atom is 0.238 e. The molecule has 4 nitrogen and oxygen atoms in total. The lowest BCUT2D eigenvalue weighted by Gasteiger charge is -2.09. The van der Waals surface area contributed by atoms with Gasteiger partial charge in [-0.1, -0.05) is 11.6 Å². The van der Waals surface area contributed by atoms with E-state index >= 15 is 0 Å². The van der Waals surface area contributed by atoms with Gasteiger partial charge in [-0.3, -0.25) is 4.79 Å². The number of carbonyl (C=O) groups excluding carboxylic acids is 1. The molecule has 2 aromatic carbocycles. The molecular formula is C16H15ClF2N2O2. The lowest BCUT2D eigenvalue weighted by Crippen LogP contribution is -2.28. The number of rotatable bonds is 6. The molecule has 0 aromatic heterocycles. The molecule has 0 bridgehead atoms. The molecule has 0 radical (unpaired) electrons. The fourth-order valence-corrected chi connectivity index (χ4v) is 2.13. The van der Waals surface area contributed by atoms with Crippen LogP contribution in [-0.2, 0) is 11.3 Å². The van der Waals surface area contributed by atoms with E-state index in [0.717, 1.165) is 18.2 Å². The van der Waals surface area contributed by atoms with Crippen LogP contribution in [0.1, 0.15) is 5.56 Å². The number of ether oxygens (including phenoxy) is 1. The highest BCUT2D eigenvalue weighted by Crippen LogP contribution is 2.27. The third-order valence-electron chi connectivity index (χ3n) is 3.04. The zero-order chi connectivity index (χ0) is 16.8. The summed E-state index contributed by atoms with van der Waals surface area (Å²) in [4.78, 5) is 11.8. The van der Waals surface area contributed by atoms with Gasteiger partial charge in [0.15, 0.2) is 0 Å². The average Bonchev–Trinajstić information content (AvgIpc) is 2.52. The normalized spacial score (nSPS) is 10.4. The topological polar surface area (TPSA) is 50.4 Å². The second-order valence-corrected chi connectivity index (χ2v) is 5.14. The maximum absolute atomic E-state index is 13.4. The molecule has 0 atom stereocenters. The van der Waals surface area contributed by atoms with Gasteiger partial charge in [-0.25, -0.2) is 8.78 Å². The summed E-state index contributed by atoms with van der Waals surface area (Å²) >= 11 is 5.90. The minimum atomic E-state index is -0.527. The van der Waals surface area contributed by atoms with Gasteiger partial charge in [-0.2, -0.15) is 0 Å². The third kappa shape index (κ3) is 4.91. The molecule has 0 fully saturated rings. The van der Waals surface area contributed by atoms with Gasteiger partial charge in [0.05, 0.1) is 18.7 Å². The highest BCUT2D eigenvalue weighted by atomic mass is 35.5. The summed E-state index contributed by atoms with van der Waals surface area (Å²) in [6.45, 7) is -0.0121. The zero-order valence-electron chi connectivity index (χ0n) is 12.3. The van der Waals surface area contributed by atoms with E-state index in [1.807, 2.05) is 0 Å². The van der Waals surface area contributed by atoms with Crippen LogP contribution in [0.5, 0.6) is 5.75 Å². The number of carbonyl (C=O) groups is 1. The third-order valence-corrected chi connectivity index (χ3v) is 3.36. The summed E-state index contributed by atoms with van der Waals surface area (Å²) in [6, 6.07) is 8.00. The van der Waals surface area contributed by atoms with Crippen molar-refractivity contribution in [3.63, 3.8) is 0 Å². The Morgan fingerprint density at radius 3 is 2.74 bits per heavy atom. The fraction of sp³-hybridized carbons (Fsp3) is 0.188. The van der Waals surface area contributed by atoms with Gasteiger partial charge in [0.25, 0.3) is 0 Å². The lowest BCUT2D eigenvalue weighted by atomic mass is 10.2. The van der Waals surface area contributed by atoms with Gasteiger partial charge in [-0.15, -0.1) is 0 Å². The Bertz CT molecular complexity index is 710. The summed E-state index contributed by atoms with van der Waals surface area (Å²) in [6.07, 6.45) is 0. The molecule has 0 unspecified atom stereocenters. The van der Waals surface area contributed by atoms with Gasteiger partial charge in [0, 0.05) is 23.9 Å². The monoisotopic (exact) mass is 340 g/mol. The number of amides is 1. The van der Waals surface area contributed by atoms with Gasteiger partial charge < -0.3 is 15.4 Å². The van der Waals surface area contributed by atoms with Crippen molar-refractivity contribution < 1.29 is 18.3 Å². The van der Waals surface area contributed by atoms with Gasteiger partial charge in [-0.05, 0) is 30.3 Å². The van der Waals surface area contributed by atoms with E-state index in [1.165, 1.54) is 7.11 Å². The molecule has 0 aliphatic heterocycles. The average molecular weight is 341 g/mol. The fourth-order valence-electron chi connectivity index (χ4n) is 1.93. The van der Waals surface area contributed by atoms with Crippen LogP contribution in [0.25, 0.3) is 0 Å². The number of methoxy groups -OCH3 is 1. The van der Waals surface area contributed by atoms with Gasteiger partial charge in [0.1, 0.15) is 17.4 Å². The van der Waals surface area contributed by atoms with E-state index in [9.17, 15) is 13.6 Å². The van der Waals surface area contributed by atoms with Crippen LogP contribution >= 0.6 is 11.6 Å². The molecule has 1 amide bonds. The highest BCUT2D eigenvalue weighted by molar-refractivity contribution is 6.32. The first-order valence-corrected chi connectivity index (χ1v) is 7.15. The van der Waals surface area contributed by atoms with Crippen molar-refractivity contribution in [2.75, 3.05) is 19.0 Å². The molecule has 2 N–H and O–H groups in total. The molecule has 122 valence electrons. The molecular weight excluding hydrogens is 326 g/mol. The number of anilines is 1. The predicted molar refractivity (Wildman–Crippen MR) is 84.7 cm³/mol. The Morgan fingerprint density at radius 1 is 1.22 bits per heavy atom. The first-order valence-electron chi connectivity index (χ1n) is 6.77. The second kappa shape index (κ2) is 7.89. The van der Waals surface area contributed by atoms with E-state index in [2.05, 4.69) is 10.6 Å². The SMILES string of the molecule is COc1cc(NC(=O)CNCc2cc(F)ccc2F)ccc1Cl. The summed E-state index contributed by atoms with van der Waals surface area (Å²) in [5, 5.41) is 5.84. The Labute approximate surface area is 137 Å². The predicted octanol–water partition coefficient (Wildman–Crippen LogP) is 3.36. The number of halogens is 3. The van der Waals surface area contributed by atoms with Crippen LogP contribution < -0.4 is 15.4 Å². The van der Waals surface area contributed by atoms with Crippen molar-refractivity contribution in [2.24, 2.45) is 0 Å². The van der Waals surface area contributed by atoms with Gasteiger partial charge >= 0.3 is 0 Å². The molecule has 0 saturated carbocycles. The number of hydrogen-bond donors (Lipinski definition) is 2. The van der Waals surface area contributed by atoms with Crippen molar-refractivity contribution >= 4 is 23.2 Å². The first kappa shape index (κ1) is 17.2. The minimum Gasteiger partial charge on any atom is -0.495 e. The molecule has 2 rings (SSSR count). The Morgan fingerprint density at radius 2 is 2.00 bits per heavy atom. The van der Waals surface area contributed by atoms with Crippen molar-refractivity contribution in [1.82, 2.24) is 5.32 Å². The molecule has 0 saturated heterocycles. The molecule has 23 heavy (non-hydrogen) atoms. The van der Waals surface area contributed by atoms with Gasteiger partial charge in [0.2, 0.25) is 5.91 Å². The smallest absolute Gasteiger partial charge is 0.238 e.